The van der Waals surface area contributed by atoms with Crippen molar-refractivity contribution in [2.45, 2.75) is 58.2 Å². The van der Waals surface area contributed by atoms with E-state index >= 15 is 0 Å². The normalized spacial score (nSPS) is 15.8. The molecule has 1 heterocycles. The number of hydrogen-bond donors (Lipinski definition) is 0. The van der Waals surface area contributed by atoms with E-state index in [1.165, 1.54) is 18.4 Å². The average Bonchev–Trinajstić information content (AvgIpc) is 3.00. The Morgan fingerprint density at radius 3 is 2.74 bits per heavy atom. The Morgan fingerprint density at radius 2 is 2.21 bits per heavy atom. The van der Waals surface area contributed by atoms with E-state index in [0.29, 0.717) is 12.5 Å². The molecule has 106 valence electrons. The van der Waals surface area contributed by atoms with Crippen molar-refractivity contribution in [2.24, 2.45) is 0 Å². The van der Waals surface area contributed by atoms with Crippen LogP contribution in [0.4, 0.5) is 0 Å². The van der Waals surface area contributed by atoms with Gasteiger partial charge in [0.2, 0.25) is 0 Å². The van der Waals surface area contributed by atoms with Crippen molar-refractivity contribution in [3.8, 4) is 0 Å². The van der Waals surface area contributed by atoms with Gasteiger partial charge in [-0.25, -0.2) is 0 Å². The summed E-state index contributed by atoms with van der Waals surface area (Å²) in [6.07, 6.45) is 3.01. The number of hydrogen-bond acceptors (Lipinski definition) is 4. The van der Waals surface area contributed by atoms with Gasteiger partial charge in [0.05, 0.1) is 6.42 Å². The summed E-state index contributed by atoms with van der Waals surface area (Å²) in [6, 6.07) is 2.83. The molecule has 0 unspecified atom stereocenters. The lowest BCUT2D eigenvalue weighted by Crippen LogP contribution is -2.30. The number of nitrogens with zero attached hydrogens (tertiary/aromatic N) is 1. The molecule has 3 nitrogen and oxygen atoms in total. The molecule has 1 saturated carbocycles. The zero-order chi connectivity index (χ0) is 13.9. The van der Waals surface area contributed by atoms with E-state index in [1.807, 2.05) is 20.8 Å². The molecule has 0 saturated heterocycles. The van der Waals surface area contributed by atoms with Crippen LogP contribution in [0.2, 0.25) is 0 Å². The monoisotopic (exact) mass is 281 g/mol. The van der Waals surface area contributed by atoms with Gasteiger partial charge in [0.15, 0.2) is 0 Å². The molecule has 1 aliphatic rings. The molecule has 0 atom stereocenters. The quantitative estimate of drug-likeness (QED) is 0.748. The van der Waals surface area contributed by atoms with Crippen LogP contribution in [0.15, 0.2) is 16.8 Å². The Morgan fingerprint density at radius 1 is 1.47 bits per heavy atom. The minimum atomic E-state index is -0.380. The zero-order valence-corrected chi connectivity index (χ0v) is 12.8. The van der Waals surface area contributed by atoms with Crippen molar-refractivity contribution >= 4 is 17.3 Å². The van der Waals surface area contributed by atoms with Gasteiger partial charge in [0, 0.05) is 19.1 Å². The van der Waals surface area contributed by atoms with Crippen LogP contribution in [0.1, 0.15) is 45.6 Å². The largest absolute Gasteiger partial charge is 0.460 e. The van der Waals surface area contributed by atoms with Gasteiger partial charge in [0.25, 0.3) is 0 Å². The second-order valence-electron chi connectivity index (χ2n) is 6.17. The summed E-state index contributed by atoms with van der Waals surface area (Å²) in [5.41, 5.74) is 0.968. The molecule has 4 heteroatoms. The topological polar surface area (TPSA) is 29.5 Å². The highest BCUT2D eigenvalue weighted by Crippen LogP contribution is 2.28. The molecule has 1 aromatic rings. The molecule has 1 fully saturated rings. The Balaban J connectivity index is 1.79. The molecular formula is C15H23NO2S. The number of carbonyl (C=O) groups is 1. The van der Waals surface area contributed by atoms with E-state index < -0.39 is 0 Å². The Labute approximate surface area is 119 Å². The smallest absolute Gasteiger partial charge is 0.307 e. The Hall–Kier alpha value is -0.870. The van der Waals surface area contributed by atoms with Crippen LogP contribution in [0.25, 0.3) is 0 Å². The lowest BCUT2D eigenvalue weighted by atomic mass is 10.2. The molecule has 0 N–H and O–H groups in total. The van der Waals surface area contributed by atoms with Gasteiger partial charge in [-0.2, -0.15) is 11.3 Å². The van der Waals surface area contributed by atoms with Gasteiger partial charge in [-0.05, 0) is 56.0 Å². The van der Waals surface area contributed by atoms with Crippen LogP contribution in [0.3, 0.4) is 0 Å². The maximum absolute atomic E-state index is 11.8. The highest BCUT2D eigenvalue weighted by Gasteiger charge is 2.29. The predicted octanol–water partition coefficient (Wildman–Crippen LogP) is 3.44. The number of rotatable bonds is 6. The maximum Gasteiger partial charge on any atom is 0.307 e. The summed E-state index contributed by atoms with van der Waals surface area (Å²) in [6.45, 7) is 7.49. The van der Waals surface area contributed by atoms with Crippen molar-refractivity contribution in [3.63, 3.8) is 0 Å². The molecule has 1 aromatic heterocycles. The standard InChI is InChI=1S/C15H23NO2S/c1-15(2,3)18-14(17)6-8-16(13-4-5-13)10-12-7-9-19-11-12/h7,9,11,13H,4-6,8,10H2,1-3H3. The lowest BCUT2D eigenvalue weighted by molar-refractivity contribution is -0.155. The van der Waals surface area contributed by atoms with Crippen molar-refractivity contribution in [1.82, 2.24) is 4.90 Å². The second-order valence-corrected chi connectivity index (χ2v) is 6.95. The second kappa shape index (κ2) is 6.06. The molecule has 0 spiro atoms. The van der Waals surface area contributed by atoms with Gasteiger partial charge in [-0.3, -0.25) is 9.69 Å². The molecule has 2 rings (SSSR count). The summed E-state index contributed by atoms with van der Waals surface area (Å²) in [5.74, 6) is -0.0940. The SMILES string of the molecule is CC(C)(C)OC(=O)CCN(Cc1ccsc1)C1CC1. The van der Waals surface area contributed by atoms with E-state index in [-0.39, 0.29) is 11.6 Å². The number of esters is 1. The first kappa shape index (κ1) is 14.5. The van der Waals surface area contributed by atoms with Gasteiger partial charge < -0.3 is 4.74 Å². The zero-order valence-electron chi connectivity index (χ0n) is 12.0. The summed E-state index contributed by atoms with van der Waals surface area (Å²) in [4.78, 5) is 14.2. The number of ether oxygens (including phenoxy) is 1. The van der Waals surface area contributed by atoms with Gasteiger partial charge in [0.1, 0.15) is 5.60 Å². The first-order valence-electron chi connectivity index (χ1n) is 6.91. The van der Waals surface area contributed by atoms with Gasteiger partial charge >= 0.3 is 5.97 Å². The van der Waals surface area contributed by atoms with Crippen LogP contribution in [-0.4, -0.2) is 29.1 Å². The minimum Gasteiger partial charge on any atom is -0.460 e. The maximum atomic E-state index is 11.8. The highest BCUT2D eigenvalue weighted by molar-refractivity contribution is 7.07. The van der Waals surface area contributed by atoms with E-state index in [9.17, 15) is 4.79 Å². The van der Waals surface area contributed by atoms with Crippen LogP contribution in [0, 0.1) is 0 Å². The van der Waals surface area contributed by atoms with Crippen molar-refractivity contribution < 1.29 is 9.53 Å². The first-order valence-corrected chi connectivity index (χ1v) is 7.85. The Kier molecular flexibility index (Phi) is 4.63. The van der Waals surface area contributed by atoms with Crippen LogP contribution in [0.5, 0.6) is 0 Å². The van der Waals surface area contributed by atoms with Crippen molar-refractivity contribution in [2.75, 3.05) is 6.54 Å². The first-order chi connectivity index (χ1) is 8.94. The molecule has 0 aliphatic heterocycles. The third-order valence-corrected chi connectivity index (χ3v) is 3.78. The minimum absolute atomic E-state index is 0.0940. The van der Waals surface area contributed by atoms with E-state index in [4.69, 9.17) is 4.74 Å². The molecule has 0 radical (unpaired) electrons. The fourth-order valence-corrected chi connectivity index (χ4v) is 2.73. The van der Waals surface area contributed by atoms with E-state index in [2.05, 4.69) is 21.7 Å². The summed E-state index contributed by atoms with van der Waals surface area (Å²) >= 11 is 1.73. The van der Waals surface area contributed by atoms with Gasteiger partial charge in [-0.1, -0.05) is 0 Å². The van der Waals surface area contributed by atoms with Crippen molar-refractivity contribution in [1.29, 1.82) is 0 Å². The van der Waals surface area contributed by atoms with Crippen LogP contribution < -0.4 is 0 Å². The highest BCUT2D eigenvalue weighted by atomic mass is 32.1. The fraction of sp³-hybridized carbons (Fsp3) is 0.667. The average molecular weight is 281 g/mol. The molecule has 0 amide bonds. The number of carbonyl (C=O) groups excluding carboxylic acids is 1. The summed E-state index contributed by atoms with van der Waals surface area (Å²) in [7, 11) is 0. The molecule has 0 aromatic carbocycles. The van der Waals surface area contributed by atoms with E-state index in [0.717, 1.165) is 13.1 Å². The molecular weight excluding hydrogens is 258 g/mol. The summed E-state index contributed by atoms with van der Waals surface area (Å²) < 4.78 is 5.36. The van der Waals surface area contributed by atoms with Gasteiger partial charge in [-0.15, -0.1) is 0 Å². The Bertz CT molecular complexity index is 404. The van der Waals surface area contributed by atoms with Crippen molar-refractivity contribution in [3.05, 3.63) is 22.4 Å². The van der Waals surface area contributed by atoms with E-state index in [1.54, 1.807) is 11.3 Å². The molecule has 0 bridgehead atoms. The van der Waals surface area contributed by atoms with Crippen LogP contribution in [-0.2, 0) is 16.1 Å². The lowest BCUT2D eigenvalue weighted by Gasteiger charge is -2.23. The third-order valence-electron chi connectivity index (χ3n) is 3.05. The third kappa shape index (κ3) is 5.33. The summed E-state index contributed by atoms with van der Waals surface area (Å²) in [5, 5.41) is 4.29. The van der Waals surface area contributed by atoms with Crippen LogP contribution >= 0.6 is 11.3 Å². The molecule has 1 aliphatic carbocycles. The molecule has 19 heavy (non-hydrogen) atoms. The fourth-order valence-electron chi connectivity index (χ4n) is 2.07. The number of thiophene rings is 1. The predicted molar refractivity (Wildman–Crippen MR) is 78.2 cm³/mol.